The van der Waals surface area contributed by atoms with Gasteiger partial charge in [-0.1, -0.05) is 19.1 Å². The lowest BCUT2D eigenvalue weighted by molar-refractivity contribution is 0.408. The van der Waals surface area contributed by atoms with Gasteiger partial charge in [0.15, 0.2) is 0 Å². The topological polar surface area (TPSA) is 35.2 Å². The van der Waals surface area contributed by atoms with Gasteiger partial charge in [0.05, 0.1) is 7.11 Å². The molecule has 0 aliphatic carbocycles. The predicted octanol–water partition coefficient (Wildman–Crippen LogP) is 2.54. The molecule has 0 saturated heterocycles. The van der Waals surface area contributed by atoms with Gasteiger partial charge < -0.3 is 10.5 Å². The summed E-state index contributed by atoms with van der Waals surface area (Å²) in [7, 11) is 1.71. The van der Waals surface area contributed by atoms with Crippen LogP contribution in [-0.4, -0.2) is 12.6 Å². The van der Waals surface area contributed by atoms with E-state index in [-0.39, 0.29) is 5.54 Å². The first-order valence-electron chi connectivity index (χ1n) is 5.41. The van der Waals surface area contributed by atoms with Gasteiger partial charge in [0.25, 0.3) is 0 Å². The molecular formula is C13H21NO. The smallest absolute Gasteiger partial charge is 0.122 e. The Balaban J connectivity index is 3.06. The number of nitrogens with two attached hydrogens (primary N) is 1. The molecular weight excluding hydrogens is 186 g/mol. The van der Waals surface area contributed by atoms with Crippen LogP contribution in [0.5, 0.6) is 5.75 Å². The molecule has 0 fully saturated rings. The summed E-state index contributed by atoms with van der Waals surface area (Å²) in [5.74, 6) is 0.972. The molecule has 1 aromatic rings. The van der Waals surface area contributed by atoms with Crippen molar-refractivity contribution in [2.45, 2.75) is 39.2 Å². The largest absolute Gasteiger partial charge is 0.496 e. The standard InChI is InChI=1S/C13H21NO/c1-5-11-10(9-13(2,3)14)7-6-8-12(11)15-4/h6-8H,5,9,14H2,1-4H3. The second kappa shape index (κ2) is 4.67. The van der Waals surface area contributed by atoms with E-state index in [1.54, 1.807) is 7.11 Å². The maximum Gasteiger partial charge on any atom is 0.122 e. The van der Waals surface area contributed by atoms with E-state index in [0.717, 1.165) is 18.6 Å². The zero-order valence-electron chi connectivity index (χ0n) is 10.1. The lowest BCUT2D eigenvalue weighted by atomic mass is 9.91. The third kappa shape index (κ3) is 3.24. The number of ether oxygens (including phenoxy) is 1. The van der Waals surface area contributed by atoms with Crippen molar-refractivity contribution in [2.24, 2.45) is 5.73 Å². The van der Waals surface area contributed by atoms with Crippen molar-refractivity contribution in [1.82, 2.24) is 0 Å². The van der Waals surface area contributed by atoms with Crippen LogP contribution in [0, 0.1) is 0 Å². The molecule has 0 heterocycles. The lowest BCUT2D eigenvalue weighted by Gasteiger charge is -2.21. The van der Waals surface area contributed by atoms with Crippen LogP contribution in [0.4, 0.5) is 0 Å². The number of hydrogen-bond acceptors (Lipinski definition) is 2. The van der Waals surface area contributed by atoms with Gasteiger partial charge in [-0.05, 0) is 43.9 Å². The molecule has 0 aliphatic rings. The molecule has 0 atom stereocenters. The fraction of sp³-hybridized carbons (Fsp3) is 0.538. The molecule has 0 saturated carbocycles. The second-order valence-electron chi connectivity index (χ2n) is 4.62. The van der Waals surface area contributed by atoms with E-state index in [4.69, 9.17) is 10.5 Å². The Morgan fingerprint density at radius 3 is 2.47 bits per heavy atom. The molecule has 0 amide bonds. The zero-order chi connectivity index (χ0) is 11.5. The summed E-state index contributed by atoms with van der Waals surface area (Å²) in [6.45, 7) is 6.24. The second-order valence-corrected chi connectivity index (χ2v) is 4.62. The van der Waals surface area contributed by atoms with Crippen LogP contribution in [0.3, 0.4) is 0 Å². The Kier molecular flexibility index (Phi) is 3.75. The van der Waals surface area contributed by atoms with Gasteiger partial charge in [0, 0.05) is 5.54 Å². The minimum Gasteiger partial charge on any atom is -0.496 e. The molecule has 0 spiro atoms. The highest BCUT2D eigenvalue weighted by atomic mass is 16.5. The third-order valence-electron chi connectivity index (χ3n) is 2.45. The van der Waals surface area contributed by atoms with Crippen LogP contribution in [0.25, 0.3) is 0 Å². The summed E-state index contributed by atoms with van der Waals surface area (Å²) in [4.78, 5) is 0. The monoisotopic (exact) mass is 207 g/mol. The van der Waals surface area contributed by atoms with E-state index in [0.29, 0.717) is 0 Å². The quantitative estimate of drug-likeness (QED) is 0.823. The number of hydrogen-bond donors (Lipinski definition) is 1. The van der Waals surface area contributed by atoms with Crippen LogP contribution in [-0.2, 0) is 12.8 Å². The van der Waals surface area contributed by atoms with Gasteiger partial charge in [0.2, 0.25) is 0 Å². The minimum absolute atomic E-state index is 0.170. The van der Waals surface area contributed by atoms with Gasteiger partial charge in [-0.25, -0.2) is 0 Å². The van der Waals surface area contributed by atoms with Gasteiger partial charge in [0.1, 0.15) is 5.75 Å². The molecule has 2 nitrogen and oxygen atoms in total. The van der Waals surface area contributed by atoms with Crippen LogP contribution >= 0.6 is 0 Å². The first-order valence-corrected chi connectivity index (χ1v) is 5.41. The van der Waals surface area contributed by atoms with E-state index in [1.165, 1.54) is 11.1 Å². The highest BCUT2D eigenvalue weighted by Gasteiger charge is 2.15. The Morgan fingerprint density at radius 2 is 2.00 bits per heavy atom. The van der Waals surface area contributed by atoms with Crippen molar-refractivity contribution < 1.29 is 4.74 Å². The van der Waals surface area contributed by atoms with Crippen LogP contribution in [0.1, 0.15) is 31.9 Å². The maximum atomic E-state index is 6.04. The molecule has 84 valence electrons. The van der Waals surface area contributed by atoms with Crippen molar-refractivity contribution in [3.8, 4) is 5.75 Å². The lowest BCUT2D eigenvalue weighted by Crippen LogP contribution is -2.34. The van der Waals surface area contributed by atoms with Crippen LogP contribution < -0.4 is 10.5 Å². The van der Waals surface area contributed by atoms with E-state index in [9.17, 15) is 0 Å². The van der Waals surface area contributed by atoms with Gasteiger partial charge >= 0.3 is 0 Å². The summed E-state index contributed by atoms with van der Waals surface area (Å²) in [6, 6.07) is 6.17. The SMILES string of the molecule is CCc1c(CC(C)(C)N)cccc1OC. The Bertz CT molecular complexity index is 326. The molecule has 1 rings (SSSR count). The van der Waals surface area contributed by atoms with Gasteiger partial charge in [-0.2, -0.15) is 0 Å². The third-order valence-corrected chi connectivity index (χ3v) is 2.45. The van der Waals surface area contributed by atoms with Gasteiger partial charge in [-0.15, -0.1) is 0 Å². The van der Waals surface area contributed by atoms with Crippen molar-refractivity contribution in [3.05, 3.63) is 29.3 Å². The average molecular weight is 207 g/mol. The Morgan fingerprint density at radius 1 is 1.33 bits per heavy atom. The summed E-state index contributed by atoms with van der Waals surface area (Å²) < 4.78 is 5.35. The zero-order valence-corrected chi connectivity index (χ0v) is 10.1. The van der Waals surface area contributed by atoms with E-state index >= 15 is 0 Å². The highest BCUT2D eigenvalue weighted by Crippen LogP contribution is 2.25. The minimum atomic E-state index is -0.170. The van der Waals surface area contributed by atoms with Crippen molar-refractivity contribution >= 4 is 0 Å². The summed E-state index contributed by atoms with van der Waals surface area (Å²) in [5.41, 5.74) is 8.44. The molecule has 1 aromatic carbocycles. The van der Waals surface area contributed by atoms with Crippen LogP contribution in [0.2, 0.25) is 0 Å². The van der Waals surface area contributed by atoms with Crippen molar-refractivity contribution in [1.29, 1.82) is 0 Å². The fourth-order valence-corrected chi connectivity index (χ4v) is 1.86. The number of rotatable bonds is 4. The number of methoxy groups -OCH3 is 1. The molecule has 0 unspecified atom stereocenters. The van der Waals surface area contributed by atoms with E-state index in [2.05, 4.69) is 13.0 Å². The van der Waals surface area contributed by atoms with Crippen molar-refractivity contribution in [3.63, 3.8) is 0 Å². The summed E-state index contributed by atoms with van der Waals surface area (Å²) >= 11 is 0. The normalized spacial score (nSPS) is 11.5. The molecule has 15 heavy (non-hydrogen) atoms. The summed E-state index contributed by atoms with van der Waals surface area (Å²) in [6.07, 6.45) is 1.86. The number of benzene rings is 1. The highest BCUT2D eigenvalue weighted by molar-refractivity contribution is 5.41. The average Bonchev–Trinajstić information content (AvgIpc) is 2.15. The molecule has 2 N–H and O–H groups in total. The first kappa shape index (κ1) is 12.1. The first-order chi connectivity index (χ1) is 6.98. The van der Waals surface area contributed by atoms with E-state index in [1.807, 2.05) is 26.0 Å². The molecule has 2 heteroatoms. The predicted molar refractivity (Wildman–Crippen MR) is 64.3 cm³/mol. The Hall–Kier alpha value is -1.02. The maximum absolute atomic E-state index is 6.04. The molecule has 0 aromatic heterocycles. The fourth-order valence-electron chi connectivity index (χ4n) is 1.86. The van der Waals surface area contributed by atoms with Crippen molar-refractivity contribution in [2.75, 3.05) is 7.11 Å². The van der Waals surface area contributed by atoms with Crippen LogP contribution in [0.15, 0.2) is 18.2 Å². The molecule has 0 radical (unpaired) electrons. The van der Waals surface area contributed by atoms with Gasteiger partial charge in [-0.3, -0.25) is 0 Å². The Labute approximate surface area is 92.4 Å². The summed E-state index contributed by atoms with van der Waals surface area (Å²) in [5, 5.41) is 0. The molecule has 0 bridgehead atoms. The van der Waals surface area contributed by atoms with E-state index < -0.39 is 0 Å². The molecule has 0 aliphatic heterocycles.